The molecule has 2 heterocycles. The minimum absolute atomic E-state index is 0.190. The van der Waals surface area contributed by atoms with Gasteiger partial charge in [-0.1, -0.05) is 18.2 Å². The van der Waals surface area contributed by atoms with Gasteiger partial charge < -0.3 is 20.1 Å². The van der Waals surface area contributed by atoms with Crippen LogP contribution >= 0.6 is 11.8 Å². The predicted molar refractivity (Wildman–Crippen MR) is 128 cm³/mol. The maximum atomic E-state index is 11.9. The molecule has 3 aromatic rings. The molecular formula is C24H24N4O3S. The highest BCUT2D eigenvalue weighted by Gasteiger charge is 2.20. The van der Waals surface area contributed by atoms with E-state index in [-0.39, 0.29) is 5.91 Å². The van der Waals surface area contributed by atoms with Crippen LogP contribution in [-0.2, 0) is 17.0 Å². The molecule has 1 aromatic heterocycles. The second kappa shape index (κ2) is 10.2. The Morgan fingerprint density at radius 2 is 1.88 bits per heavy atom. The van der Waals surface area contributed by atoms with E-state index in [0.717, 1.165) is 40.6 Å². The van der Waals surface area contributed by atoms with Gasteiger partial charge in [0.1, 0.15) is 11.5 Å². The number of nitrogens with zero attached hydrogens (tertiary/aromatic N) is 2. The van der Waals surface area contributed by atoms with Gasteiger partial charge in [0.2, 0.25) is 17.7 Å². The van der Waals surface area contributed by atoms with E-state index in [9.17, 15) is 4.79 Å². The van der Waals surface area contributed by atoms with Crippen LogP contribution in [0, 0.1) is 0 Å². The molecular weight excluding hydrogens is 424 g/mol. The summed E-state index contributed by atoms with van der Waals surface area (Å²) >= 11 is 1.83. The standard InChI is InChI=1S/C24H24N4O3S/c1-3-6-22(29)25-16-7-5-10-19(14-16)31-23-20-15-32-12-11-21(20)27-24(28-23)26-17-8-4-9-18(13-17)30-2/h3-10,13-14H,11-12,15H2,1-2H3,(H,25,29)(H,26,27,28)/b6-3+. The number of allylic oxidation sites excluding steroid dienone is 1. The van der Waals surface area contributed by atoms with Crippen LogP contribution in [0.4, 0.5) is 17.3 Å². The molecule has 0 bridgehead atoms. The third-order valence-electron chi connectivity index (χ3n) is 4.74. The summed E-state index contributed by atoms with van der Waals surface area (Å²) < 4.78 is 11.5. The van der Waals surface area contributed by atoms with Gasteiger partial charge in [-0.2, -0.15) is 16.7 Å². The summed E-state index contributed by atoms with van der Waals surface area (Å²) in [7, 11) is 1.63. The van der Waals surface area contributed by atoms with Crippen LogP contribution < -0.4 is 20.1 Å². The zero-order valence-corrected chi connectivity index (χ0v) is 18.7. The number of aromatic nitrogens is 2. The quantitative estimate of drug-likeness (QED) is 0.473. The van der Waals surface area contributed by atoms with Crippen LogP contribution in [0.15, 0.2) is 60.7 Å². The van der Waals surface area contributed by atoms with Crippen LogP contribution in [0.3, 0.4) is 0 Å². The number of rotatable bonds is 7. The number of benzene rings is 2. The number of carbonyl (C=O) groups excluding carboxylic acids is 1. The van der Waals surface area contributed by atoms with Crippen molar-refractivity contribution in [2.24, 2.45) is 0 Å². The van der Waals surface area contributed by atoms with E-state index in [1.165, 1.54) is 6.08 Å². The van der Waals surface area contributed by atoms with Crippen LogP contribution in [0.5, 0.6) is 17.4 Å². The van der Waals surface area contributed by atoms with E-state index in [4.69, 9.17) is 14.5 Å². The summed E-state index contributed by atoms with van der Waals surface area (Å²) in [5.74, 6) is 3.94. The normalized spacial score (nSPS) is 12.8. The molecule has 0 fully saturated rings. The first-order valence-electron chi connectivity index (χ1n) is 10.2. The van der Waals surface area contributed by atoms with E-state index in [2.05, 4.69) is 15.6 Å². The number of amides is 1. The lowest BCUT2D eigenvalue weighted by Gasteiger charge is -2.19. The third kappa shape index (κ3) is 5.39. The largest absolute Gasteiger partial charge is 0.497 e. The monoisotopic (exact) mass is 448 g/mol. The van der Waals surface area contributed by atoms with Gasteiger partial charge in [0.05, 0.1) is 12.8 Å². The number of anilines is 3. The van der Waals surface area contributed by atoms with Gasteiger partial charge in [0, 0.05) is 34.8 Å². The highest BCUT2D eigenvalue weighted by Crippen LogP contribution is 2.34. The Balaban J connectivity index is 1.61. The fourth-order valence-corrected chi connectivity index (χ4v) is 4.23. The topological polar surface area (TPSA) is 85.4 Å². The average molecular weight is 449 g/mol. The van der Waals surface area contributed by atoms with E-state index in [1.54, 1.807) is 26.2 Å². The fraction of sp³-hybridized carbons (Fsp3) is 0.208. The average Bonchev–Trinajstić information content (AvgIpc) is 2.79. The number of methoxy groups -OCH3 is 1. The summed E-state index contributed by atoms with van der Waals surface area (Å²) in [5, 5.41) is 6.07. The Morgan fingerprint density at radius 3 is 2.69 bits per heavy atom. The zero-order valence-electron chi connectivity index (χ0n) is 17.9. The molecule has 164 valence electrons. The summed E-state index contributed by atoms with van der Waals surface area (Å²) in [6.45, 7) is 1.80. The molecule has 2 aromatic carbocycles. The number of thioether (sulfide) groups is 1. The summed E-state index contributed by atoms with van der Waals surface area (Å²) in [4.78, 5) is 21.2. The maximum Gasteiger partial charge on any atom is 0.248 e. The van der Waals surface area contributed by atoms with Crippen molar-refractivity contribution in [1.29, 1.82) is 0 Å². The number of ether oxygens (including phenoxy) is 2. The molecule has 32 heavy (non-hydrogen) atoms. The molecule has 4 rings (SSSR count). The van der Waals surface area contributed by atoms with Gasteiger partial charge in [-0.05, 0) is 49.4 Å². The Kier molecular flexibility index (Phi) is 6.91. The van der Waals surface area contributed by atoms with Crippen molar-refractivity contribution in [2.75, 3.05) is 23.5 Å². The third-order valence-corrected chi connectivity index (χ3v) is 5.73. The molecule has 0 radical (unpaired) electrons. The lowest BCUT2D eigenvalue weighted by Crippen LogP contribution is -2.11. The van der Waals surface area contributed by atoms with E-state index < -0.39 is 0 Å². The molecule has 1 aliphatic heterocycles. The SMILES string of the molecule is C/C=C/C(=O)Nc1cccc(Oc2nc(Nc3cccc(OC)c3)nc3c2CSCC3)c1. The maximum absolute atomic E-state index is 11.9. The molecule has 8 heteroatoms. The summed E-state index contributed by atoms with van der Waals surface area (Å²) in [6.07, 6.45) is 4.02. The molecule has 0 atom stereocenters. The number of hydrogen-bond donors (Lipinski definition) is 2. The molecule has 0 saturated carbocycles. The van der Waals surface area contributed by atoms with Crippen LogP contribution in [0.25, 0.3) is 0 Å². The highest BCUT2D eigenvalue weighted by molar-refractivity contribution is 7.98. The van der Waals surface area contributed by atoms with Crippen LogP contribution in [0.2, 0.25) is 0 Å². The van der Waals surface area contributed by atoms with Gasteiger partial charge in [0.15, 0.2) is 0 Å². The molecule has 0 unspecified atom stereocenters. The van der Waals surface area contributed by atoms with Crippen molar-refractivity contribution >= 4 is 35.0 Å². The lowest BCUT2D eigenvalue weighted by molar-refractivity contribution is -0.111. The number of nitrogens with one attached hydrogen (secondary N) is 2. The first kappa shape index (κ1) is 21.7. The highest BCUT2D eigenvalue weighted by atomic mass is 32.2. The molecule has 1 aliphatic rings. The van der Waals surface area contributed by atoms with E-state index in [0.29, 0.717) is 23.3 Å². The van der Waals surface area contributed by atoms with Crippen LogP contribution in [0.1, 0.15) is 18.2 Å². The van der Waals surface area contributed by atoms with Gasteiger partial charge in [-0.25, -0.2) is 4.98 Å². The molecule has 0 spiro atoms. The van der Waals surface area contributed by atoms with E-state index in [1.807, 2.05) is 54.2 Å². The first-order chi connectivity index (χ1) is 15.6. The Bertz CT molecular complexity index is 1150. The van der Waals surface area contributed by atoms with Gasteiger partial charge >= 0.3 is 0 Å². The summed E-state index contributed by atoms with van der Waals surface area (Å²) in [5.41, 5.74) is 3.46. The minimum Gasteiger partial charge on any atom is -0.497 e. The smallest absolute Gasteiger partial charge is 0.248 e. The van der Waals surface area contributed by atoms with Crippen molar-refractivity contribution in [1.82, 2.24) is 9.97 Å². The van der Waals surface area contributed by atoms with Crippen molar-refractivity contribution in [3.8, 4) is 17.4 Å². The fourth-order valence-electron chi connectivity index (χ4n) is 3.26. The Labute approximate surface area is 191 Å². The van der Waals surface area contributed by atoms with Crippen molar-refractivity contribution in [3.05, 3.63) is 71.9 Å². The molecule has 0 saturated heterocycles. The van der Waals surface area contributed by atoms with Gasteiger partial charge in [0.25, 0.3) is 0 Å². The van der Waals surface area contributed by atoms with Crippen molar-refractivity contribution < 1.29 is 14.3 Å². The summed E-state index contributed by atoms with van der Waals surface area (Å²) in [6, 6.07) is 14.9. The second-order valence-corrected chi connectivity index (χ2v) is 8.16. The van der Waals surface area contributed by atoms with Gasteiger partial charge in [-0.15, -0.1) is 0 Å². The number of aryl methyl sites for hydroxylation is 1. The minimum atomic E-state index is -0.190. The van der Waals surface area contributed by atoms with Crippen LogP contribution in [-0.4, -0.2) is 28.7 Å². The zero-order chi connectivity index (χ0) is 22.3. The second-order valence-electron chi connectivity index (χ2n) is 7.06. The van der Waals surface area contributed by atoms with E-state index >= 15 is 0 Å². The Hall–Kier alpha value is -3.52. The predicted octanol–water partition coefficient (Wildman–Crippen LogP) is 5.33. The van der Waals surface area contributed by atoms with Gasteiger partial charge in [-0.3, -0.25) is 4.79 Å². The first-order valence-corrected chi connectivity index (χ1v) is 11.4. The van der Waals surface area contributed by atoms with Crippen molar-refractivity contribution in [2.45, 2.75) is 19.1 Å². The lowest BCUT2D eigenvalue weighted by atomic mass is 10.2. The molecule has 2 N–H and O–H groups in total. The number of fused-ring (bicyclic) bond motifs is 1. The van der Waals surface area contributed by atoms with Crippen molar-refractivity contribution in [3.63, 3.8) is 0 Å². The Morgan fingerprint density at radius 1 is 1.09 bits per heavy atom. The molecule has 1 amide bonds. The molecule has 0 aliphatic carbocycles. The number of hydrogen-bond acceptors (Lipinski definition) is 7. The molecule has 7 nitrogen and oxygen atoms in total. The number of carbonyl (C=O) groups is 1.